The lowest BCUT2D eigenvalue weighted by atomic mass is 10.1. The van der Waals surface area contributed by atoms with Crippen LogP contribution in [0, 0.1) is 5.92 Å². The first-order chi connectivity index (χ1) is 20.3. The van der Waals surface area contributed by atoms with Crippen LogP contribution in [0.1, 0.15) is 59.9 Å². The standard InChI is InChI=1S/C24H31N7O.C6H13NO.C2H6/c1-5-19(16-32)28-24-29-22(21(25-3)23(30-24)31(4)6-2)27-15-17-10-12-18(13-11-17)20-9-7-8-14-26-20;1-5(2)3-6(7)4-8;1-2/h7-14,19,32H,3,5-6,15-16H2,1-2,4H3,(H2,27,28,29,30);4-6H,3,7H2,1-2H3;1-2H3/t19-;6-;/m00./s1. The summed E-state index contributed by atoms with van der Waals surface area (Å²) in [6.45, 7) is 17.2. The maximum atomic E-state index is 9.92. The molecule has 1 aromatic carbocycles. The average molecular weight is 579 g/mol. The Bertz CT molecular complexity index is 1170. The van der Waals surface area contributed by atoms with Gasteiger partial charge in [-0.2, -0.15) is 9.97 Å². The Balaban J connectivity index is 0.000000762. The van der Waals surface area contributed by atoms with Crippen molar-refractivity contribution in [2.75, 3.05) is 35.7 Å². The molecule has 0 unspecified atom stereocenters. The van der Waals surface area contributed by atoms with Crippen molar-refractivity contribution in [1.82, 2.24) is 15.0 Å². The van der Waals surface area contributed by atoms with Crippen molar-refractivity contribution in [1.29, 1.82) is 0 Å². The Hall–Kier alpha value is -3.89. The highest BCUT2D eigenvalue weighted by molar-refractivity contribution is 5.78. The van der Waals surface area contributed by atoms with Crippen LogP contribution in [0.25, 0.3) is 11.3 Å². The molecule has 3 aromatic rings. The topological polar surface area (TPSA) is 142 Å². The monoisotopic (exact) mass is 578 g/mol. The second-order valence-corrected chi connectivity index (χ2v) is 9.87. The summed E-state index contributed by atoms with van der Waals surface area (Å²) in [5.41, 5.74) is 9.01. The number of anilines is 3. The maximum Gasteiger partial charge on any atom is 0.227 e. The molecule has 0 aliphatic carbocycles. The number of nitrogens with one attached hydrogen (secondary N) is 2. The van der Waals surface area contributed by atoms with Crippen LogP contribution in [-0.4, -0.2) is 65.3 Å². The zero-order chi connectivity index (χ0) is 31.5. The minimum atomic E-state index is -0.255. The molecule has 0 bridgehead atoms. The van der Waals surface area contributed by atoms with Crippen molar-refractivity contribution in [3.05, 3.63) is 54.2 Å². The van der Waals surface area contributed by atoms with E-state index < -0.39 is 0 Å². The van der Waals surface area contributed by atoms with Gasteiger partial charge in [-0.3, -0.25) is 9.98 Å². The summed E-state index contributed by atoms with van der Waals surface area (Å²) in [6.07, 6.45) is 4.13. The minimum Gasteiger partial charge on any atom is -0.394 e. The van der Waals surface area contributed by atoms with Crippen LogP contribution in [0.2, 0.25) is 0 Å². The number of hydrogen-bond acceptors (Lipinski definition) is 10. The van der Waals surface area contributed by atoms with Gasteiger partial charge in [0.2, 0.25) is 5.95 Å². The maximum absolute atomic E-state index is 9.92. The van der Waals surface area contributed by atoms with E-state index in [1.165, 1.54) is 0 Å². The molecule has 5 N–H and O–H groups in total. The number of aliphatic imine (C=N–C) groups is 1. The molecule has 0 aliphatic heterocycles. The van der Waals surface area contributed by atoms with Crippen molar-refractivity contribution in [3.63, 3.8) is 0 Å². The lowest BCUT2D eigenvalue weighted by Crippen LogP contribution is -2.25. The smallest absolute Gasteiger partial charge is 0.227 e. The number of nitrogens with two attached hydrogens (primary N) is 1. The first-order valence-electron chi connectivity index (χ1n) is 14.7. The number of hydrogen-bond donors (Lipinski definition) is 4. The predicted molar refractivity (Wildman–Crippen MR) is 177 cm³/mol. The molecule has 0 fully saturated rings. The van der Waals surface area contributed by atoms with Gasteiger partial charge >= 0.3 is 0 Å². The largest absolute Gasteiger partial charge is 0.394 e. The fraction of sp³-hybridized carbons (Fsp3) is 0.469. The first kappa shape index (κ1) is 36.1. The molecular formula is C32H50N8O2. The van der Waals surface area contributed by atoms with Crippen LogP contribution in [0.15, 0.2) is 53.7 Å². The van der Waals surface area contributed by atoms with Crippen molar-refractivity contribution in [2.24, 2.45) is 16.6 Å². The van der Waals surface area contributed by atoms with Gasteiger partial charge in [0, 0.05) is 31.9 Å². The van der Waals surface area contributed by atoms with Crippen LogP contribution in [-0.2, 0) is 11.3 Å². The van der Waals surface area contributed by atoms with Gasteiger partial charge in [0.15, 0.2) is 11.6 Å². The summed E-state index contributed by atoms with van der Waals surface area (Å²) in [7, 11) is 1.95. The molecule has 10 nitrogen and oxygen atoms in total. The third kappa shape index (κ3) is 11.9. The van der Waals surface area contributed by atoms with E-state index in [-0.39, 0.29) is 18.7 Å². The zero-order valence-electron chi connectivity index (χ0n) is 26.3. The number of benzene rings is 1. The lowest BCUT2D eigenvalue weighted by molar-refractivity contribution is -0.109. The van der Waals surface area contributed by atoms with Gasteiger partial charge < -0.3 is 31.2 Å². The molecule has 0 radical (unpaired) electrons. The number of pyridine rings is 1. The Kier molecular flexibility index (Phi) is 17.3. The van der Waals surface area contributed by atoms with E-state index in [0.717, 1.165) is 42.5 Å². The van der Waals surface area contributed by atoms with Crippen LogP contribution >= 0.6 is 0 Å². The van der Waals surface area contributed by atoms with Crippen LogP contribution < -0.4 is 21.3 Å². The van der Waals surface area contributed by atoms with Gasteiger partial charge in [0.1, 0.15) is 12.0 Å². The van der Waals surface area contributed by atoms with Crippen molar-refractivity contribution < 1.29 is 9.90 Å². The molecule has 2 heterocycles. The molecule has 42 heavy (non-hydrogen) atoms. The van der Waals surface area contributed by atoms with Crippen LogP contribution in [0.4, 0.5) is 23.3 Å². The molecule has 0 saturated carbocycles. The van der Waals surface area contributed by atoms with Gasteiger partial charge in [0.25, 0.3) is 0 Å². The number of aliphatic hydroxyl groups is 1. The fourth-order valence-corrected chi connectivity index (χ4v) is 3.76. The van der Waals surface area contributed by atoms with Crippen molar-refractivity contribution in [2.45, 2.75) is 73.0 Å². The molecule has 230 valence electrons. The van der Waals surface area contributed by atoms with E-state index in [9.17, 15) is 9.90 Å². The Morgan fingerprint density at radius 2 is 1.81 bits per heavy atom. The van der Waals surface area contributed by atoms with Gasteiger partial charge in [0.05, 0.1) is 24.4 Å². The highest BCUT2D eigenvalue weighted by Gasteiger charge is 2.18. The second kappa shape index (κ2) is 20.1. The molecule has 2 aromatic heterocycles. The van der Waals surface area contributed by atoms with E-state index in [1.54, 1.807) is 6.20 Å². The van der Waals surface area contributed by atoms with Crippen LogP contribution in [0.3, 0.4) is 0 Å². The number of aldehydes is 1. The third-order valence-electron chi connectivity index (χ3n) is 6.20. The van der Waals surface area contributed by atoms with E-state index in [4.69, 9.17) is 5.73 Å². The summed E-state index contributed by atoms with van der Waals surface area (Å²) >= 11 is 0. The van der Waals surface area contributed by atoms with Gasteiger partial charge in [-0.15, -0.1) is 0 Å². The summed E-state index contributed by atoms with van der Waals surface area (Å²) < 4.78 is 0. The number of aliphatic hydroxyl groups excluding tert-OH is 1. The Labute approximate surface area is 251 Å². The SMILES string of the molecule is C=Nc1c(NCc2ccc(-c3ccccn3)cc2)nc(N[C@@H](CC)CO)nc1N(C)CC.CC.CC(C)C[C@H](N)C=O. The Morgan fingerprint density at radius 1 is 1.12 bits per heavy atom. The minimum absolute atomic E-state index is 0.00561. The number of carbonyl (C=O) groups is 1. The summed E-state index contributed by atoms with van der Waals surface area (Å²) in [6, 6.07) is 13.8. The average Bonchev–Trinajstić information content (AvgIpc) is 3.03. The number of nitrogens with zero attached hydrogens (tertiary/aromatic N) is 5. The molecule has 10 heteroatoms. The summed E-state index contributed by atoms with van der Waals surface area (Å²) in [4.78, 5) is 29.7. The quantitative estimate of drug-likeness (QED) is 0.140. The van der Waals surface area contributed by atoms with E-state index >= 15 is 0 Å². The van der Waals surface area contributed by atoms with Gasteiger partial charge in [-0.1, -0.05) is 65.0 Å². The molecule has 0 aliphatic rings. The summed E-state index contributed by atoms with van der Waals surface area (Å²) in [5, 5.41) is 16.1. The highest BCUT2D eigenvalue weighted by atomic mass is 16.3. The molecule has 3 rings (SSSR count). The molecule has 2 atom stereocenters. The lowest BCUT2D eigenvalue weighted by Gasteiger charge is -2.22. The van der Waals surface area contributed by atoms with Gasteiger partial charge in [-0.25, -0.2) is 0 Å². The van der Waals surface area contributed by atoms with Crippen molar-refractivity contribution in [3.8, 4) is 11.3 Å². The normalized spacial score (nSPS) is 11.7. The molecule has 0 amide bonds. The zero-order valence-corrected chi connectivity index (χ0v) is 26.3. The second-order valence-electron chi connectivity index (χ2n) is 9.87. The van der Waals surface area contributed by atoms with Crippen molar-refractivity contribution >= 4 is 36.3 Å². The van der Waals surface area contributed by atoms with Crippen LogP contribution in [0.5, 0.6) is 0 Å². The third-order valence-corrected chi connectivity index (χ3v) is 6.20. The molecular weight excluding hydrogens is 528 g/mol. The number of aromatic nitrogens is 3. The van der Waals surface area contributed by atoms with E-state index in [2.05, 4.69) is 61.6 Å². The fourth-order valence-electron chi connectivity index (χ4n) is 3.76. The van der Waals surface area contributed by atoms with Gasteiger partial charge in [-0.05, 0) is 50.1 Å². The number of rotatable bonds is 14. The van der Waals surface area contributed by atoms with E-state index in [1.807, 2.05) is 71.7 Å². The first-order valence-corrected chi connectivity index (χ1v) is 14.7. The Morgan fingerprint density at radius 3 is 2.29 bits per heavy atom. The highest BCUT2D eigenvalue weighted by Crippen LogP contribution is 2.34. The van der Waals surface area contributed by atoms with E-state index in [0.29, 0.717) is 35.7 Å². The molecule has 0 saturated heterocycles. The predicted octanol–water partition coefficient (Wildman–Crippen LogP) is 5.71. The molecule has 0 spiro atoms. The number of carbonyl (C=O) groups excluding carboxylic acids is 1. The summed E-state index contributed by atoms with van der Waals surface area (Å²) in [5.74, 6) is 2.24.